The van der Waals surface area contributed by atoms with Crippen LogP contribution in [0.1, 0.15) is 25.1 Å². The standard InChI is InChI=1S/C20H20F3N3O4S/c1-13(2)9-15-10-14(7-8-24-15)11-25-12-18(27)26(19(25)28)16-3-5-17(6-4-16)31(29,30)20(21,22)23/h3-8,10,13H,9,11-12H2,1-2H3. The first-order valence-electron chi connectivity index (χ1n) is 9.37. The number of amides is 3. The van der Waals surface area contributed by atoms with Gasteiger partial charge in [0.05, 0.1) is 10.6 Å². The second-order valence-electron chi connectivity index (χ2n) is 7.56. The minimum atomic E-state index is -5.51. The van der Waals surface area contributed by atoms with Crippen LogP contribution >= 0.6 is 0 Å². The van der Waals surface area contributed by atoms with Crippen LogP contribution in [0.4, 0.5) is 23.7 Å². The predicted octanol–water partition coefficient (Wildman–Crippen LogP) is 3.54. The fourth-order valence-electron chi connectivity index (χ4n) is 3.21. The number of imide groups is 1. The number of aromatic nitrogens is 1. The molecule has 1 fully saturated rings. The van der Waals surface area contributed by atoms with E-state index < -0.39 is 32.2 Å². The molecule has 11 heteroatoms. The summed E-state index contributed by atoms with van der Waals surface area (Å²) in [4.78, 5) is 30.6. The van der Waals surface area contributed by atoms with Crippen LogP contribution in [0.2, 0.25) is 0 Å². The molecular weight excluding hydrogens is 435 g/mol. The van der Waals surface area contributed by atoms with Gasteiger partial charge >= 0.3 is 11.5 Å². The van der Waals surface area contributed by atoms with Gasteiger partial charge in [-0.25, -0.2) is 18.1 Å². The highest BCUT2D eigenvalue weighted by Gasteiger charge is 2.47. The lowest BCUT2D eigenvalue weighted by Crippen LogP contribution is -2.32. The van der Waals surface area contributed by atoms with Crippen molar-refractivity contribution < 1.29 is 31.2 Å². The van der Waals surface area contributed by atoms with Crippen molar-refractivity contribution >= 4 is 27.5 Å². The lowest BCUT2D eigenvalue weighted by atomic mass is 10.1. The first-order chi connectivity index (χ1) is 14.4. The van der Waals surface area contributed by atoms with Gasteiger partial charge in [-0.1, -0.05) is 13.8 Å². The molecule has 2 heterocycles. The van der Waals surface area contributed by atoms with Crippen LogP contribution in [0.15, 0.2) is 47.5 Å². The second-order valence-corrected chi connectivity index (χ2v) is 9.51. The Morgan fingerprint density at radius 1 is 1.10 bits per heavy atom. The number of hydrogen-bond donors (Lipinski definition) is 0. The molecule has 0 atom stereocenters. The molecule has 0 N–H and O–H groups in total. The maximum absolute atomic E-state index is 12.7. The van der Waals surface area contributed by atoms with Gasteiger partial charge in [-0.3, -0.25) is 9.78 Å². The highest BCUT2D eigenvalue weighted by atomic mass is 32.2. The number of carbonyl (C=O) groups is 2. The number of halogens is 3. The molecule has 1 aromatic carbocycles. The Morgan fingerprint density at radius 3 is 2.32 bits per heavy atom. The number of urea groups is 1. The third-order valence-electron chi connectivity index (χ3n) is 4.62. The second kappa shape index (κ2) is 8.29. The molecule has 1 aliphatic heterocycles. The first kappa shape index (κ1) is 22.7. The van der Waals surface area contributed by atoms with Crippen LogP contribution < -0.4 is 4.90 Å². The fraction of sp³-hybridized carbons (Fsp3) is 0.350. The molecule has 0 aliphatic carbocycles. The Balaban J connectivity index is 1.78. The molecule has 1 aliphatic rings. The minimum Gasteiger partial charge on any atom is -0.310 e. The summed E-state index contributed by atoms with van der Waals surface area (Å²) in [5.41, 5.74) is -3.79. The molecule has 0 saturated carbocycles. The lowest BCUT2D eigenvalue weighted by Gasteiger charge is -2.18. The molecule has 0 bridgehead atoms. The smallest absolute Gasteiger partial charge is 0.310 e. The SMILES string of the molecule is CC(C)Cc1cc(CN2CC(=O)N(c3ccc(S(=O)(=O)C(F)(F)F)cc3)C2=O)ccn1. The summed E-state index contributed by atoms with van der Waals surface area (Å²) in [7, 11) is -5.51. The quantitative estimate of drug-likeness (QED) is 0.622. The summed E-state index contributed by atoms with van der Waals surface area (Å²) in [5, 5.41) is 0. The summed E-state index contributed by atoms with van der Waals surface area (Å²) in [6.07, 6.45) is 2.40. The topological polar surface area (TPSA) is 87.7 Å². The Labute approximate surface area is 177 Å². The largest absolute Gasteiger partial charge is 0.501 e. The monoisotopic (exact) mass is 455 g/mol. The van der Waals surface area contributed by atoms with Crippen molar-refractivity contribution in [2.45, 2.75) is 37.2 Å². The highest BCUT2D eigenvalue weighted by Crippen LogP contribution is 2.32. The number of benzene rings is 1. The van der Waals surface area contributed by atoms with E-state index in [0.29, 0.717) is 5.92 Å². The molecule has 0 spiro atoms. The average molecular weight is 455 g/mol. The van der Waals surface area contributed by atoms with Gasteiger partial charge in [0.25, 0.3) is 15.7 Å². The zero-order valence-electron chi connectivity index (χ0n) is 16.8. The zero-order chi connectivity index (χ0) is 23.0. The third-order valence-corrected chi connectivity index (χ3v) is 6.12. The molecule has 7 nitrogen and oxygen atoms in total. The van der Waals surface area contributed by atoms with Crippen LogP contribution in [0.3, 0.4) is 0 Å². The molecule has 0 radical (unpaired) electrons. The van der Waals surface area contributed by atoms with Gasteiger partial charge in [0, 0.05) is 18.4 Å². The molecule has 1 saturated heterocycles. The number of rotatable bonds is 6. The van der Waals surface area contributed by atoms with Gasteiger partial charge in [-0.2, -0.15) is 13.2 Å². The van der Waals surface area contributed by atoms with Crippen LogP contribution in [-0.4, -0.2) is 42.3 Å². The van der Waals surface area contributed by atoms with Crippen LogP contribution in [0.25, 0.3) is 0 Å². The number of nitrogens with zero attached hydrogens (tertiary/aromatic N) is 3. The normalized spacial score (nSPS) is 15.3. The summed E-state index contributed by atoms with van der Waals surface area (Å²) in [6, 6.07) is 6.41. The van der Waals surface area contributed by atoms with Gasteiger partial charge in [0.2, 0.25) is 0 Å². The van der Waals surface area contributed by atoms with Crippen molar-refractivity contribution in [1.82, 2.24) is 9.88 Å². The fourth-order valence-corrected chi connectivity index (χ4v) is 3.97. The molecule has 3 amide bonds. The average Bonchev–Trinajstić information content (AvgIpc) is 2.94. The van der Waals surface area contributed by atoms with Crippen LogP contribution in [0.5, 0.6) is 0 Å². The molecule has 2 aromatic rings. The number of sulfone groups is 1. The van der Waals surface area contributed by atoms with Crippen LogP contribution in [0, 0.1) is 5.92 Å². The lowest BCUT2D eigenvalue weighted by molar-refractivity contribution is -0.116. The van der Waals surface area contributed by atoms with E-state index in [1.807, 2.05) is 6.07 Å². The highest BCUT2D eigenvalue weighted by molar-refractivity contribution is 7.92. The summed E-state index contributed by atoms with van der Waals surface area (Å²) >= 11 is 0. The van der Waals surface area contributed by atoms with E-state index in [0.717, 1.165) is 46.8 Å². The van der Waals surface area contributed by atoms with E-state index in [4.69, 9.17) is 0 Å². The van der Waals surface area contributed by atoms with Gasteiger partial charge in [0.15, 0.2) is 0 Å². The number of anilines is 1. The number of pyridine rings is 1. The molecule has 3 rings (SSSR count). The number of hydrogen-bond acceptors (Lipinski definition) is 5. The van der Waals surface area contributed by atoms with Gasteiger partial charge in [-0.15, -0.1) is 0 Å². The summed E-state index contributed by atoms with van der Waals surface area (Å²) in [6.45, 7) is 4.07. The van der Waals surface area contributed by atoms with Crippen molar-refractivity contribution in [3.8, 4) is 0 Å². The van der Waals surface area contributed by atoms with E-state index in [9.17, 15) is 31.2 Å². The van der Waals surface area contributed by atoms with E-state index in [1.54, 1.807) is 12.3 Å². The number of alkyl halides is 3. The minimum absolute atomic E-state index is 0.00569. The summed E-state index contributed by atoms with van der Waals surface area (Å²) < 4.78 is 61.0. The van der Waals surface area contributed by atoms with Gasteiger partial charge < -0.3 is 4.90 Å². The predicted molar refractivity (Wildman–Crippen MR) is 106 cm³/mol. The molecule has 31 heavy (non-hydrogen) atoms. The Kier molecular flexibility index (Phi) is 6.08. The molecule has 1 aromatic heterocycles. The maximum Gasteiger partial charge on any atom is 0.501 e. The first-order valence-corrected chi connectivity index (χ1v) is 10.9. The van der Waals surface area contributed by atoms with E-state index in [2.05, 4.69) is 18.8 Å². The number of carbonyl (C=O) groups excluding carboxylic acids is 2. The summed E-state index contributed by atoms with van der Waals surface area (Å²) in [5.74, 6) is -0.162. The van der Waals surface area contributed by atoms with Gasteiger partial charge in [0.1, 0.15) is 6.54 Å². The van der Waals surface area contributed by atoms with Crippen molar-refractivity contribution in [3.63, 3.8) is 0 Å². The zero-order valence-corrected chi connectivity index (χ0v) is 17.6. The Morgan fingerprint density at radius 2 is 1.74 bits per heavy atom. The molecular formula is C20H20F3N3O4S. The van der Waals surface area contributed by atoms with Crippen molar-refractivity contribution in [1.29, 1.82) is 0 Å². The Bertz CT molecular complexity index is 1100. The third kappa shape index (κ3) is 4.71. The van der Waals surface area contributed by atoms with E-state index >= 15 is 0 Å². The van der Waals surface area contributed by atoms with E-state index in [-0.39, 0.29) is 18.8 Å². The van der Waals surface area contributed by atoms with Crippen molar-refractivity contribution in [2.75, 3.05) is 11.4 Å². The van der Waals surface area contributed by atoms with Crippen molar-refractivity contribution in [3.05, 3.63) is 53.9 Å². The molecule has 0 unspecified atom stereocenters. The van der Waals surface area contributed by atoms with E-state index in [1.165, 1.54) is 4.90 Å². The van der Waals surface area contributed by atoms with Crippen molar-refractivity contribution in [2.24, 2.45) is 5.92 Å². The Hall–Kier alpha value is -2.95. The maximum atomic E-state index is 12.7. The molecule has 166 valence electrons. The van der Waals surface area contributed by atoms with Gasteiger partial charge in [-0.05, 0) is 54.3 Å². The van der Waals surface area contributed by atoms with Crippen LogP contribution in [-0.2, 0) is 27.6 Å².